The smallest absolute Gasteiger partial charge is 0.300 e. The lowest BCUT2D eigenvalue weighted by Crippen LogP contribution is -2.55. The van der Waals surface area contributed by atoms with Gasteiger partial charge in [0.2, 0.25) is 0 Å². The summed E-state index contributed by atoms with van der Waals surface area (Å²) in [6, 6.07) is 0. The van der Waals surface area contributed by atoms with Gasteiger partial charge in [0.15, 0.2) is 0 Å². The monoisotopic (exact) mass is 370 g/mol. The van der Waals surface area contributed by atoms with E-state index in [-0.39, 0.29) is 0 Å². The van der Waals surface area contributed by atoms with Crippen molar-refractivity contribution in [2.45, 2.75) is 9.66 Å². The molecule has 0 spiro atoms. The van der Waals surface area contributed by atoms with Crippen molar-refractivity contribution < 1.29 is 17.6 Å². The molecular formula is C8H12Br2F4N2. The average Bonchev–Trinajstić information content (AvgIpc) is 2.18. The molecule has 0 amide bonds. The van der Waals surface area contributed by atoms with Crippen molar-refractivity contribution in [3.63, 3.8) is 0 Å². The van der Waals surface area contributed by atoms with Crippen molar-refractivity contribution in [2.75, 3.05) is 39.3 Å². The maximum atomic E-state index is 11.3. The van der Waals surface area contributed by atoms with Gasteiger partial charge < -0.3 is 0 Å². The van der Waals surface area contributed by atoms with Crippen LogP contribution in [0.5, 0.6) is 0 Å². The molecule has 0 aromatic heterocycles. The lowest BCUT2D eigenvalue weighted by Gasteiger charge is -2.41. The van der Waals surface area contributed by atoms with E-state index in [1.54, 1.807) is 0 Å². The zero-order chi connectivity index (χ0) is 12.4. The predicted molar refractivity (Wildman–Crippen MR) is 60.6 cm³/mol. The van der Waals surface area contributed by atoms with Gasteiger partial charge >= 0.3 is 9.66 Å². The van der Waals surface area contributed by atoms with E-state index in [9.17, 15) is 17.6 Å². The van der Waals surface area contributed by atoms with Crippen LogP contribution in [0.1, 0.15) is 0 Å². The summed E-state index contributed by atoms with van der Waals surface area (Å²) < 4.78 is 45.4. The maximum Gasteiger partial charge on any atom is 0.373 e. The van der Waals surface area contributed by atoms with Gasteiger partial charge in [0, 0.05) is 39.3 Å². The Kier molecular flexibility index (Phi) is 5.03. The number of fused-ring (bicyclic) bond motifs is 3. The Morgan fingerprint density at radius 3 is 0.875 bits per heavy atom. The van der Waals surface area contributed by atoms with Crippen LogP contribution in [-0.4, -0.2) is 58.7 Å². The number of hydrogen-bond donors (Lipinski definition) is 0. The highest BCUT2D eigenvalue weighted by Crippen LogP contribution is 2.43. The SMILES string of the molecule is C1CN2CCN1CC2.FC(F)(Br)C(F)(F)Br. The van der Waals surface area contributed by atoms with Gasteiger partial charge in [0.1, 0.15) is 0 Å². The van der Waals surface area contributed by atoms with Crippen LogP contribution in [0.15, 0.2) is 0 Å². The van der Waals surface area contributed by atoms with E-state index in [4.69, 9.17) is 0 Å². The molecule has 2 nitrogen and oxygen atoms in total. The highest BCUT2D eigenvalue weighted by molar-refractivity contribution is 9.12. The first-order valence-corrected chi connectivity index (χ1v) is 6.37. The van der Waals surface area contributed by atoms with E-state index in [1.165, 1.54) is 71.1 Å². The summed E-state index contributed by atoms with van der Waals surface area (Å²) in [7, 11) is 0. The highest BCUT2D eigenvalue weighted by atomic mass is 79.9. The van der Waals surface area contributed by atoms with Gasteiger partial charge in [0.05, 0.1) is 0 Å². The van der Waals surface area contributed by atoms with E-state index in [0.29, 0.717) is 0 Å². The van der Waals surface area contributed by atoms with Crippen molar-refractivity contribution >= 4 is 31.9 Å². The van der Waals surface area contributed by atoms with E-state index >= 15 is 0 Å². The fraction of sp³-hybridized carbons (Fsp3) is 1.00. The van der Waals surface area contributed by atoms with Gasteiger partial charge in [-0.1, -0.05) is 0 Å². The van der Waals surface area contributed by atoms with Crippen molar-refractivity contribution in [3.05, 3.63) is 0 Å². The lowest BCUT2D eigenvalue weighted by molar-refractivity contribution is -0.0724. The van der Waals surface area contributed by atoms with Crippen molar-refractivity contribution in [1.29, 1.82) is 0 Å². The fourth-order valence-corrected chi connectivity index (χ4v) is 1.52. The fourth-order valence-electron chi connectivity index (χ4n) is 1.52. The standard InChI is InChI=1S/C6H12N2.C2Br2F4/c1-2-8-5-3-7(1)4-6-8;3-1(5,6)2(4,7)8/h1-6H2;. The van der Waals surface area contributed by atoms with Gasteiger partial charge in [-0.15, -0.1) is 0 Å². The second kappa shape index (κ2) is 5.49. The van der Waals surface area contributed by atoms with Gasteiger partial charge in [-0.25, -0.2) is 0 Å². The summed E-state index contributed by atoms with van der Waals surface area (Å²) >= 11 is 2.94. The molecule has 0 aliphatic carbocycles. The van der Waals surface area contributed by atoms with Crippen LogP contribution >= 0.6 is 31.9 Å². The van der Waals surface area contributed by atoms with Crippen LogP contribution in [0.4, 0.5) is 17.6 Å². The third-order valence-corrected chi connectivity index (χ3v) is 4.05. The van der Waals surface area contributed by atoms with Gasteiger partial charge in [0.25, 0.3) is 0 Å². The molecule has 3 aliphatic heterocycles. The Hall–Kier alpha value is 0.600. The van der Waals surface area contributed by atoms with Crippen LogP contribution in [0, 0.1) is 0 Å². The third-order valence-electron chi connectivity index (χ3n) is 2.52. The minimum atomic E-state index is -4.17. The number of alkyl halides is 6. The van der Waals surface area contributed by atoms with E-state index in [0.717, 1.165) is 0 Å². The molecule has 16 heavy (non-hydrogen) atoms. The highest BCUT2D eigenvalue weighted by Gasteiger charge is 2.52. The first-order chi connectivity index (χ1) is 7.20. The minimum absolute atomic E-state index is 1.32. The van der Waals surface area contributed by atoms with Crippen molar-refractivity contribution in [2.24, 2.45) is 0 Å². The zero-order valence-corrected chi connectivity index (χ0v) is 11.6. The van der Waals surface area contributed by atoms with Crippen LogP contribution < -0.4 is 0 Å². The van der Waals surface area contributed by atoms with Crippen molar-refractivity contribution in [1.82, 2.24) is 9.80 Å². The number of rotatable bonds is 1. The van der Waals surface area contributed by atoms with Crippen LogP contribution in [0.2, 0.25) is 0 Å². The van der Waals surface area contributed by atoms with E-state index in [2.05, 4.69) is 9.80 Å². The van der Waals surface area contributed by atoms with Gasteiger partial charge in [-0.05, 0) is 31.9 Å². The molecule has 0 unspecified atom stereocenters. The van der Waals surface area contributed by atoms with E-state index in [1.807, 2.05) is 0 Å². The summed E-state index contributed by atoms with van der Waals surface area (Å²) in [6.07, 6.45) is 0. The van der Waals surface area contributed by atoms with Crippen LogP contribution in [0.25, 0.3) is 0 Å². The van der Waals surface area contributed by atoms with Gasteiger partial charge in [-0.3, -0.25) is 9.80 Å². The molecule has 3 fully saturated rings. The molecule has 3 rings (SSSR count). The second-order valence-electron chi connectivity index (χ2n) is 3.68. The summed E-state index contributed by atoms with van der Waals surface area (Å²) in [5, 5.41) is 0. The summed E-state index contributed by atoms with van der Waals surface area (Å²) in [6.45, 7) is 7.92. The van der Waals surface area contributed by atoms with E-state index < -0.39 is 9.66 Å². The molecule has 0 aromatic rings. The molecular weight excluding hydrogens is 360 g/mol. The zero-order valence-electron chi connectivity index (χ0n) is 8.40. The molecule has 0 radical (unpaired) electrons. The Morgan fingerprint density at radius 1 is 0.625 bits per heavy atom. The van der Waals surface area contributed by atoms with Crippen molar-refractivity contribution in [3.8, 4) is 0 Å². The number of halogens is 6. The Morgan fingerprint density at radius 2 is 0.812 bits per heavy atom. The summed E-state index contributed by atoms with van der Waals surface area (Å²) in [5.74, 6) is 0. The first-order valence-electron chi connectivity index (χ1n) is 4.78. The maximum absolute atomic E-state index is 11.3. The molecule has 3 aliphatic rings. The Labute approximate surface area is 108 Å². The normalized spacial score (nSPS) is 29.6. The minimum Gasteiger partial charge on any atom is -0.300 e. The topological polar surface area (TPSA) is 6.48 Å². The summed E-state index contributed by atoms with van der Waals surface area (Å²) in [5.41, 5.74) is 0. The number of nitrogens with zero attached hydrogens (tertiary/aromatic N) is 2. The molecule has 96 valence electrons. The number of piperazine rings is 3. The second-order valence-corrected chi connectivity index (χ2v) is 5.67. The molecule has 3 saturated heterocycles. The van der Waals surface area contributed by atoms with Crippen LogP contribution in [-0.2, 0) is 0 Å². The molecule has 2 bridgehead atoms. The Bertz CT molecular complexity index is 186. The molecule has 3 heterocycles. The Balaban J connectivity index is 0.000000160. The lowest BCUT2D eigenvalue weighted by atomic mass is 10.2. The molecule has 8 heteroatoms. The van der Waals surface area contributed by atoms with Gasteiger partial charge in [-0.2, -0.15) is 17.6 Å². The third kappa shape index (κ3) is 4.46. The molecule has 0 atom stereocenters. The first kappa shape index (κ1) is 14.7. The number of hydrogen-bond acceptors (Lipinski definition) is 2. The molecule has 0 N–H and O–H groups in total. The predicted octanol–water partition coefficient (Wildman–Crippen LogP) is 2.58. The molecule has 0 saturated carbocycles. The molecule has 0 aromatic carbocycles. The van der Waals surface area contributed by atoms with Crippen LogP contribution in [0.3, 0.4) is 0 Å². The summed E-state index contributed by atoms with van der Waals surface area (Å²) in [4.78, 5) is -3.25. The quantitative estimate of drug-likeness (QED) is 0.516. The largest absolute Gasteiger partial charge is 0.373 e. The average molecular weight is 372 g/mol.